The lowest BCUT2D eigenvalue weighted by atomic mass is 9.89. The highest BCUT2D eigenvalue weighted by Gasteiger charge is 2.33. The van der Waals surface area contributed by atoms with Crippen LogP contribution in [0.3, 0.4) is 0 Å². The monoisotopic (exact) mass is 481 g/mol. The van der Waals surface area contributed by atoms with E-state index in [1.807, 2.05) is 6.07 Å². The summed E-state index contributed by atoms with van der Waals surface area (Å²) >= 11 is 0. The van der Waals surface area contributed by atoms with E-state index in [-0.39, 0.29) is 35.8 Å². The Balaban J connectivity index is 1.44. The topological polar surface area (TPSA) is 135 Å². The molecule has 4 atom stereocenters. The number of carbonyl (C=O) groups is 1. The number of nitrogens with one attached hydrogen (secondary N) is 3. The van der Waals surface area contributed by atoms with Gasteiger partial charge in [0.2, 0.25) is 0 Å². The molecule has 11 nitrogen and oxygen atoms in total. The number of rotatable bonds is 7. The molecule has 3 aromatic heterocycles. The standard InChI is InChI=1S/C24H31N7O4/c1-25-21-12-20(27-18-7-4-10-30(24(18)34)14-5-3-6-15(32)11-14)29-22-16(13-26-31(21)22)23(33)28-17-8-9-19(17)35-2/h4,7,10,12-15,17,19,25,32H,3,5-6,8-9,11H2,1-2H3,(H,27,29)(H,28,33)/t14-,15+,17-,19-/m1/s1. The number of hydrogen-bond donors (Lipinski definition) is 4. The van der Waals surface area contributed by atoms with Crippen molar-refractivity contribution in [3.8, 4) is 0 Å². The largest absolute Gasteiger partial charge is 0.393 e. The van der Waals surface area contributed by atoms with Gasteiger partial charge in [-0.25, -0.2) is 4.98 Å². The maximum Gasteiger partial charge on any atom is 0.274 e. The summed E-state index contributed by atoms with van der Waals surface area (Å²) in [6.45, 7) is 0. The van der Waals surface area contributed by atoms with E-state index in [1.54, 1.807) is 41.6 Å². The van der Waals surface area contributed by atoms with Crippen molar-refractivity contribution in [2.75, 3.05) is 24.8 Å². The average Bonchev–Trinajstić information content (AvgIpc) is 3.27. The number of nitrogens with zero attached hydrogens (tertiary/aromatic N) is 4. The second-order valence-corrected chi connectivity index (χ2v) is 9.24. The molecule has 0 spiro atoms. The van der Waals surface area contributed by atoms with Gasteiger partial charge in [0.1, 0.15) is 22.9 Å². The van der Waals surface area contributed by atoms with E-state index in [9.17, 15) is 14.7 Å². The van der Waals surface area contributed by atoms with Crippen molar-refractivity contribution in [3.63, 3.8) is 0 Å². The van der Waals surface area contributed by atoms with Crippen LogP contribution in [0.4, 0.5) is 17.3 Å². The maximum atomic E-state index is 13.2. The molecule has 5 rings (SSSR count). The van der Waals surface area contributed by atoms with Gasteiger partial charge in [0.05, 0.1) is 24.4 Å². The van der Waals surface area contributed by atoms with Gasteiger partial charge in [-0.3, -0.25) is 9.59 Å². The van der Waals surface area contributed by atoms with Crippen LogP contribution >= 0.6 is 0 Å². The van der Waals surface area contributed by atoms with Gasteiger partial charge in [-0.15, -0.1) is 0 Å². The molecule has 0 radical (unpaired) electrons. The number of methoxy groups -OCH3 is 1. The number of hydrogen-bond acceptors (Lipinski definition) is 8. The van der Waals surface area contributed by atoms with Crippen molar-refractivity contribution in [2.45, 2.75) is 62.8 Å². The summed E-state index contributed by atoms with van der Waals surface area (Å²) in [5.41, 5.74) is 0.904. The van der Waals surface area contributed by atoms with E-state index in [2.05, 4.69) is 26.0 Å². The Morgan fingerprint density at radius 3 is 2.83 bits per heavy atom. The summed E-state index contributed by atoms with van der Waals surface area (Å²) < 4.78 is 8.62. The minimum atomic E-state index is -0.384. The zero-order valence-corrected chi connectivity index (χ0v) is 19.9. The van der Waals surface area contributed by atoms with Gasteiger partial charge < -0.3 is 30.4 Å². The van der Waals surface area contributed by atoms with Gasteiger partial charge in [-0.05, 0) is 50.7 Å². The van der Waals surface area contributed by atoms with Crippen LogP contribution in [0.2, 0.25) is 0 Å². The first kappa shape index (κ1) is 23.3. The molecule has 11 heteroatoms. The van der Waals surface area contributed by atoms with Crippen LogP contribution in [0.25, 0.3) is 5.65 Å². The number of amides is 1. The van der Waals surface area contributed by atoms with Gasteiger partial charge in [0, 0.05) is 32.5 Å². The van der Waals surface area contributed by atoms with Crippen LogP contribution < -0.4 is 21.5 Å². The Morgan fingerprint density at radius 2 is 2.11 bits per heavy atom. The third-order valence-corrected chi connectivity index (χ3v) is 7.05. The molecule has 1 amide bonds. The molecular formula is C24H31N7O4. The Hall–Kier alpha value is -3.44. The summed E-state index contributed by atoms with van der Waals surface area (Å²) in [4.78, 5) is 30.8. The molecule has 2 saturated carbocycles. The maximum absolute atomic E-state index is 13.2. The predicted octanol–water partition coefficient (Wildman–Crippen LogP) is 2.06. The fourth-order valence-corrected chi connectivity index (χ4v) is 4.95. The zero-order chi connectivity index (χ0) is 24.5. The van der Waals surface area contributed by atoms with Crippen molar-refractivity contribution >= 4 is 28.9 Å². The van der Waals surface area contributed by atoms with Gasteiger partial charge in [-0.2, -0.15) is 9.61 Å². The molecule has 186 valence electrons. The van der Waals surface area contributed by atoms with Crippen molar-refractivity contribution in [2.24, 2.45) is 0 Å². The molecular weight excluding hydrogens is 450 g/mol. The SMILES string of the molecule is CNc1cc(Nc2cccn([C@@H]3CCC[C@H](O)C3)c2=O)nc2c(C(=O)N[C@@H]3CC[C@H]3OC)cnn12. The minimum Gasteiger partial charge on any atom is -0.393 e. The number of aromatic nitrogens is 4. The molecule has 0 unspecified atom stereocenters. The highest BCUT2D eigenvalue weighted by Crippen LogP contribution is 2.28. The van der Waals surface area contributed by atoms with E-state index in [1.165, 1.54) is 6.20 Å². The fraction of sp³-hybridized carbons (Fsp3) is 0.500. The van der Waals surface area contributed by atoms with Crippen molar-refractivity contribution < 1.29 is 14.6 Å². The lowest BCUT2D eigenvalue weighted by Gasteiger charge is -2.35. The summed E-state index contributed by atoms with van der Waals surface area (Å²) in [7, 11) is 3.40. The molecule has 3 aromatic rings. The molecule has 2 fully saturated rings. The van der Waals surface area contributed by atoms with Crippen LogP contribution in [0.15, 0.2) is 35.4 Å². The highest BCUT2D eigenvalue weighted by atomic mass is 16.5. The van der Waals surface area contributed by atoms with Crippen molar-refractivity contribution in [1.82, 2.24) is 24.5 Å². The molecule has 0 aromatic carbocycles. The van der Waals surface area contributed by atoms with Gasteiger partial charge >= 0.3 is 0 Å². The third kappa shape index (κ3) is 4.48. The third-order valence-electron chi connectivity index (χ3n) is 7.05. The first-order valence-electron chi connectivity index (χ1n) is 12.0. The summed E-state index contributed by atoms with van der Waals surface area (Å²) in [6.07, 6.45) is 7.75. The molecule has 4 N–H and O–H groups in total. The Labute approximate surface area is 202 Å². The predicted molar refractivity (Wildman–Crippen MR) is 131 cm³/mol. The Morgan fingerprint density at radius 1 is 1.26 bits per heavy atom. The van der Waals surface area contributed by atoms with Crippen LogP contribution in [0.5, 0.6) is 0 Å². The normalized spacial score (nSPS) is 24.1. The number of carbonyl (C=O) groups excluding carboxylic acids is 1. The zero-order valence-electron chi connectivity index (χ0n) is 19.9. The van der Waals surface area contributed by atoms with Crippen molar-refractivity contribution in [3.05, 3.63) is 46.5 Å². The number of anilines is 3. The van der Waals surface area contributed by atoms with Crippen LogP contribution in [0.1, 0.15) is 54.9 Å². The quantitative estimate of drug-likeness (QED) is 0.403. The molecule has 35 heavy (non-hydrogen) atoms. The summed E-state index contributed by atoms with van der Waals surface area (Å²) in [5, 5.41) is 23.6. The smallest absolute Gasteiger partial charge is 0.274 e. The first-order valence-corrected chi connectivity index (χ1v) is 12.0. The molecule has 3 heterocycles. The van der Waals surface area contributed by atoms with Crippen LogP contribution in [-0.4, -0.2) is 62.6 Å². The molecule has 2 aliphatic carbocycles. The van der Waals surface area contributed by atoms with Crippen LogP contribution in [0, 0.1) is 0 Å². The molecule has 2 aliphatic rings. The van der Waals surface area contributed by atoms with E-state index < -0.39 is 0 Å². The highest BCUT2D eigenvalue weighted by molar-refractivity contribution is 6.00. The minimum absolute atomic E-state index is 0.0179. The number of aliphatic hydroxyl groups is 1. The van der Waals surface area contributed by atoms with Crippen LogP contribution in [-0.2, 0) is 4.74 Å². The Bertz CT molecular complexity index is 1280. The van der Waals surface area contributed by atoms with Gasteiger partial charge in [-0.1, -0.05) is 0 Å². The lowest BCUT2D eigenvalue weighted by molar-refractivity contribution is 0.00732. The van der Waals surface area contributed by atoms with E-state index in [4.69, 9.17) is 4.74 Å². The number of pyridine rings is 1. The number of ether oxygens (including phenoxy) is 1. The second-order valence-electron chi connectivity index (χ2n) is 9.24. The van der Waals surface area contributed by atoms with E-state index in [0.29, 0.717) is 35.0 Å². The number of aliphatic hydroxyl groups excluding tert-OH is 1. The van der Waals surface area contributed by atoms with Gasteiger partial charge in [0.25, 0.3) is 11.5 Å². The molecule has 0 aliphatic heterocycles. The summed E-state index contributed by atoms with van der Waals surface area (Å²) in [5.74, 6) is 0.756. The molecule has 0 saturated heterocycles. The first-order chi connectivity index (χ1) is 17.0. The molecule has 0 bridgehead atoms. The average molecular weight is 482 g/mol. The number of fused-ring (bicyclic) bond motifs is 1. The van der Waals surface area contributed by atoms with E-state index >= 15 is 0 Å². The lowest BCUT2D eigenvalue weighted by Crippen LogP contribution is -2.51. The van der Waals surface area contributed by atoms with Gasteiger partial charge in [0.15, 0.2) is 5.65 Å². The van der Waals surface area contributed by atoms with E-state index in [0.717, 1.165) is 32.1 Å². The Kier molecular flexibility index (Phi) is 6.44. The fourth-order valence-electron chi connectivity index (χ4n) is 4.95. The second kappa shape index (κ2) is 9.67. The summed E-state index contributed by atoms with van der Waals surface area (Å²) in [6, 6.07) is 5.17. The van der Waals surface area contributed by atoms with Crippen molar-refractivity contribution in [1.29, 1.82) is 0 Å².